The monoisotopic (exact) mass is 189 g/mol. The lowest BCUT2D eigenvalue weighted by Crippen LogP contribution is -2.32. The van der Waals surface area contributed by atoms with Crippen molar-refractivity contribution in [2.75, 3.05) is 5.32 Å². The zero-order valence-electron chi connectivity index (χ0n) is 7.86. The van der Waals surface area contributed by atoms with Crippen molar-refractivity contribution in [1.82, 2.24) is 9.55 Å². The van der Waals surface area contributed by atoms with Gasteiger partial charge in [-0.2, -0.15) is 0 Å². The van der Waals surface area contributed by atoms with Gasteiger partial charge < -0.3 is 15.0 Å². The van der Waals surface area contributed by atoms with Gasteiger partial charge in [0.2, 0.25) is 5.95 Å². The highest BCUT2D eigenvalue weighted by Gasteiger charge is 2.31. The molecule has 0 aliphatic carbocycles. The third-order valence-corrected chi connectivity index (χ3v) is 2.50. The van der Waals surface area contributed by atoms with Gasteiger partial charge in [0.1, 0.15) is 0 Å². The van der Waals surface area contributed by atoms with Gasteiger partial charge in [-0.25, -0.2) is 4.98 Å². The smallest absolute Gasteiger partial charge is 0.206 e. The van der Waals surface area contributed by atoms with E-state index in [2.05, 4.69) is 10.3 Å². The minimum atomic E-state index is -0.869. The summed E-state index contributed by atoms with van der Waals surface area (Å²) >= 11 is 0. The van der Waals surface area contributed by atoms with E-state index in [1.807, 2.05) is 28.8 Å². The largest absolute Gasteiger partial charge is 0.369 e. The second-order valence-corrected chi connectivity index (χ2v) is 3.91. The van der Waals surface area contributed by atoms with Crippen LogP contribution in [0.1, 0.15) is 6.92 Å². The van der Waals surface area contributed by atoms with E-state index in [0.717, 1.165) is 17.0 Å². The summed E-state index contributed by atoms with van der Waals surface area (Å²) in [5, 5.41) is 12.8. The number of para-hydroxylation sites is 2. The topological polar surface area (TPSA) is 50.1 Å². The van der Waals surface area contributed by atoms with Crippen molar-refractivity contribution in [2.45, 2.75) is 19.2 Å². The molecule has 4 heteroatoms. The molecule has 72 valence electrons. The van der Waals surface area contributed by atoms with Crippen LogP contribution in [0, 0.1) is 0 Å². The highest BCUT2D eigenvalue weighted by atomic mass is 16.3. The third kappa shape index (κ3) is 0.943. The van der Waals surface area contributed by atoms with Gasteiger partial charge in [-0.05, 0) is 19.1 Å². The first kappa shape index (κ1) is 7.82. The van der Waals surface area contributed by atoms with Crippen LogP contribution >= 0.6 is 0 Å². The Morgan fingerprint density at radius 3 is 3.14 bits per heavy atom. The van der Waals surface area contributed by atoms with Crippen LogP contribution in [0.2, 0.25) is 0 Å². The third-order valence-electron chi connectivity index (χ3n) is 2.50. The molecule has 0 radical (unpaired) electrons. The standard InChI is InChI=1S/C10H11N3O/c1-10(14)6-13-8-5-3-2-4-7(8)11-9(13)12-10/h2-5,14H,6H2,1H3,(H,11,12). The molecule has 0 amide bonds. The molecule has 2 aromatic rings. The van der Waals surface area contributed by atoms with E-state index >= 15 is 0 Å². The number of benzene rings is 1. The van der Waals surface area contributed by atoms with Crippen molar-refractivity contribution in [3.05, 3.63) is 24.3 Å². The van der Waals surface area contributed by atoms with E-state index in [1.165, 1.54) is 0 Å². The molecule has 14 heavy (non-hydrogen) atoms. The second-order valence-electron chi connectivity index (χ2n) is 3.91. The van der Waals surface area contributed by atoms with Gasteiger partial charge in [0.25, 0.3) is 0 Å². The first-order valence-electron chi connectivity index (χ1n) is 4.62. The molecule has 0 fully saturated rings. The van der Waals surface area contributed by atoms with Crippen LogP contribution in [-0.2, 0) is 6.54 Å². The summed E-state index contributed by atoms with van der Waals surface area (Å²) in [7, 11) is 0. The summed E-state index contributed by atoms with van der Waals surface area (Å²) in [6, 6.07) is 7.92. The lowest BCUT2D eigenvalue weighted by molar-refractivity contribution is 0.0865. The lowest BCUT2D eigenvalue weighted by Gasteiger charge is -2.15. The van der Waals surface area contributed by atoms with Gasteiger partial charge in [-0.15, -0.1) is 0 Å². The van der Waals surface area contributed by atoms with Crippen molar-refractivity contribution >= 4 is 17.0 Å². The number of hydrogen-bond acceptors (Lipinski definition) is 3. The summed E-state index contributed by atoms with van der Waals surface area (Å²) in [5.74, 6) is 0.746. The Kier molecular flexibility index (Phi) is 1.27. The molecule has 1 aromatic heterocycles. The fourth-order valence-corrected chi connectivity index (χ4v) is 1.92. The van der Waals surface area contributed by atoms with Crippen molar-refractivity contribution in [1.29, 1.82) is 0 Å². The molecule has 4 nitrogen and oxygen atoms in total. The van der Waals surface area contributed by atoms with Gasteiger partial charge in [0, 0.05) is 0 Å². The minimum absolute atomic E-state index is 0.544. The zero-order valence-corrected chi connectivity index (χ0v) is 7.86. The fraction of sp³-hybridized carbons (Fsp3) is 0.300. The molecule has 1 aromatic carbocycles. The quantitative estimate of drug-likeness (QED) is 0.654. The van der Waals surface area contributed by atoms with Gasteiger partial charge in [-0.3, -0.25) is 0 Å². The summed E-state index contributed by atoms with van der Waals surface area (Å²) in [6.45, 7) is 2.29. The Bertz CT molecular complexity index is 501. The Labute approximate surface area is 81.2 Å². The lowest BCUT2D eigenvalue weighted by atomic mass is 10.2. The van der Waals surface area contributed by atoms with E-state index in [1.54, 1.807) is 6.92 Å². The van der Waals surface area contributed by atoms with Crippen LogP contribution in [-0.4, -0.2) is 20.4 Å². The number of hydrogen-bond donors (Lipinski definition) is 2. The Balaban J connectivity index is 2.26. The van der Waals surface area contributed by atoms with E-state index in [4.69, 9.17) is 0 Å². The van der Waals surface area contributed by atoms with E-state index in [0.29, 0.717) is 6.54 Å². The molecular weight excluding hydrogens is 178 g/mol. The summed E-state index contributed by atoms with van der Waals surface area (Å²) in [5.41, 5.74) is 1.16. The van der Waals surface area contributed by atoms with Gasteiger partial charge in [0.15, 0.2) is 5.72 Å². The molecule has 1 unspecified atom stereocenters. The number of nitrogens with zero attached hydrogens (tertiary/aromatic N) is 2. The Morgan fingerprint density at radius 1 is 1.50 bits per heavy atom. The second kappa shape index (κ2) is 2.27. The molecule has 1 aliphatic rings. The number of rotatable bonds is 0. The Morgan fingerprint density at radius 2 is 2.29 bits per heavy atom. The van der Waals surface area contributed by atoms with Crippen LogP contribution < -0.4 is 5.32 Å². The summed E-state index contributed by atoms with van der Waals surface area (Å²) in [4.78, 5) is 4.38. The average Bonchev–Trinajstić information content (AvgIpc) is 2.56. The van der Waals surface area contributed by atoms with Crippen molar-refractivity contribution in [3.63, 3.8) is 0 Å². The van der Waals surface area contributed by atoms with Crippen molar-refractivity contribution < 1.29 is 5.11 Å². The number of imidazole rings is 1. The van der Waals surface area contributed by atoms with Gasteiger partial charge in [0.05, 0.1) is 17.6 Å². The molecule has 0 spiro atoms. The number of aliphatic hydroxyl groups is 1. The predicted octanol–water partition coefficient (Wildman–Crippen LogP) is 1.17. The highest BCUT2D eigenvalue weighted by Crippen LogP contribution is 2.28. The van der Waals surface area contributed by atoms with E-state index < -0.39 is 5.72 Å². The van der Waals surface area contributed by atoms with Crippen LogP contribution in [0.4, 0.5) is 5.95 Å². The highest BCUT2D eigenvalue weighted by molar-refractivity contribution is 5.79. The van der Waals surface area contributed by atoms with E-state index in [9.17, 15) is 5.11 Å². The predicted molar refractivity (Wildman–Crippen MR) is 54.0 cm³/mol. The van der Waals surface area contributed by atoms with Crippen LogP contribution in [0.25, 0.3) is 11.0 Å². The van der Waals surface area contributed by atoms with Gasteiger partial charge >= 0.3 is 0 Å². The summed E-state index contributed by atoms with van der Waals surface area (Å²) < 4.78 is 2.00. The molecule has 2 N–H and O–H groups in total. The molecule has 3 rings (SSSR count). The molecule has 1 aliphatic heterocycles. The molecule has 0 saturated heterocycles. The van der Waals surface area contributed by atoms with Crippen LogP contribution in [0.3, 0.4) is 0 Å². The van der Waals surface area contributed by atoms with Crippen LogP contribution in [0.15, 0.2) is 24.3 Å². The molecule has 1 atom stereocenters. The molecule has 0 saturated carbocycles. The Hall–Kier alpha value is -1.55. The van der Waals surface area contributed by atoms with E-state index in [-0.39, 0.29) is 0 Å². The average molecular weight is 189 g/mol. The summed E-state index contributed by atoms with van der Waals surface area (Å²) in [6.07, 6.45) is 0. The number of anilines is 1. The molecular formula is C10H11N3O. The normalized spacial score (nSPS) is 25.0. The van der Waals surface area contributed by atoms with Crippen LogP contribution in [0.5, 0.6) is 0 Å². The maximum absolute atomic E-state index is 9.79. The van der Waals surface area contributed by atoms with Crippen molar-refractivity contribution in [3.8, 4) is 0 Å². The van der Waals surface area contributed by atoms with Crippen molar-refractivity contribution in [2.24, 2.45) is 0 Å². The first-order valence-corrected chi connectivity index (χ1v) is 4.62. The number of fused-ring (bicyclic) bond motifs is 3. The number of aromatic nitrogens is 2. The number of nitrogens with one attached hydrogen (secondary N) is 1. The zero-order chi connectivity index (χ0) is 9.76. The minimum Gasteiger partial charge on any atom is -0.369 e. The fourth-order valence-electron chi connectivity index (χ4n) is 1.92. The maximum atomic E-state index is 9.79. The molecule has 2 heterocycles. The molecule has 0 bridgehead atoms. The maximum Gasteiger partial charge on any atom is 0.206 e. The first-order chi connectivity index (χ1) is 6.66. The SMILES string of the molecule is CC1(O)Cn2c(nc3ccccc32)N1. The van der Waals surface area contributed by atoms with Gasteiger partial charge in [-0.1, -0.05) is 12.1 Å².